The predicted octanol–water partition coefficient (Wildman–Crippen LogP) is 2.79. The molecule has 4 rings (SSSR count). The smallest absolute Gasteiger partial charge is 0.225 e. The van der Waals surface area contributed by atoms with Gasteiger partial charge in [0.2, 0.25) is 5.95 Å². The van der Waals surface area contributed by atoms with Crippen molar-refractivity contribution in [1.82, 2.24) is 34.5 Å². The number of aryl methyl sites for hydroxylation is 2. The first-order valence-corrected chi connectivity index (χ1v) is 10.3. The summed E-state index contributed by atoms with van der Waals surface area (Å²) in [7, 11) is 1.68. The minimum absolute atomic E-state index is 0.538. The van der Waals surface area contributed by atoms with Crippen LogP contribution in [0.15, 0.2) is 36.8 Å². The Morgan fingerprint density at radius 3 is 2.81 bits per heavy atom. The molecule has 4 aromatic heterocycles. The first-order valence-electron chi connectivity index (χ1n) is 10.3. The molecule has 4 aromatic rings. The SMILES string of the molecule is CCc1nn(CCOC)c2c(Nc3cc(C)ccn3)nc(NCCn3cccn3)nc12. The minimum atomic E-state index is 0.538. The standard InChI is InChI=1S/C21H27N9O/c1-4-16-18-19(30(28-16)12-13-31-3)20(25-17-14-15(2)6-8-22-17)27-21(26-18)23-9-11-29-10-5-7-24-29/h5-8,10,14H,4,9,11-13H2,1-3H3,(H2,22,23,25,26,27). The lowest BCUT2D eigenvalue weighted by molar-refractivity contribution is 0.184. The summed E-state index contributed by atoms with van der Waals surface area (Å²) in [5, 5.41) is 15.7. The third-order valence-corrected chi connectivity index (χ3v) is 4.84. The highest BCUT2D eigenvalue weighted by Crippen LogP contribution is 2.27. The number of fused-ring (bicyclic) bond motifs is 1. The van der Waals surface area contributed by atoms with E-state index in [-0.39, 0.29) is 0 Å². The molecule has 0 aliphatic carbocycles. The summed E-state index contributed by atoms with van der Waals surface area (Å²) in [6, 6.07) is 5.84. The number of hydrogen-bond acceptors (Lipinski definition) is 8. The van der Waals surface area contributed by atoms with Crippen LogP contribution in [0.5, 0.6) is 0 Å². The van der Waals surface area contributed by atoms with Crippen molar-refractivity contribution in [3.05, 3.63) is 48.0 Å². The third kappa shape index (κ3) is 4.80. The van der Waals surface area contributed by atoms with Crippen molar-refractivity contribution in [2.75, 3.05) is 30.9 Å². The van der Waals surface area contributed by atoms with Crippen LogP contribution in [0.1, 0.15) is 18.2 Å². The summed E-state index contributed by atoms with van der Waals surface area (Å²) in [6.45, 7) is 6.62. The molecule has 0 saturated carbocycles. The average Bonchev–Trinajstić information content (AvgIpc) is 3.40. The Kier molecular flexibility index (Phi) is 6.37. The summed E-state index contributed by atoms with van der Waals surface area (Å²) in [4.78, 5) is 14.0. The monoisotopic (exact) mass is 421 g/mol. The van der Waals surface area contributed by atoms with Crippen LogP contribution in [0, 0.1) is 6.92 Å². The molecule has 0 radical (unpaired) electrons. The summed E-state index contributed by atoms with van der Waals surface area (Å²) < 4.78 is 9.04. The van der Waals surface area contributed by atoms with Crippen molar-refractivity contribution in [2.24, 2.45) is 0 Å². The van der Waals surface area contributed by atoms with Crippen LogP contribution in [0.4, 0.5) is 17.6 Å². The van der Waals surface area contributed by atoms with Crippen molar-refractivity contribution in [2.45, 2.75) is 33.4 Å². The quantitative estimate of drug-likeness (QED) is 0.402. The summed E-state index contributed by atoms with van der Waals surface area (Å²) in [5.41, 5.74) is 3.70. The van der Waals surface area contributed by atoms with Gasteiger partial charge in [0.05, 0.1) is 25.4 Å². The number of rotatable bonds is 10. The van der Waals surface area contributed by atoms with Gasteiger partial charge in [0.1, 0.15) is 16.9 Å². The average molecular weight is 422 g/mol. The Morgan fingerprint density at radius 1 is 1.16 bits per heavy atom. The van der Waals surface area contributed by atoms with E-state index in [1.807, 2.05) is 40.7 Å². The number of pyridine rings is 1. The fourth-order valence-electron chi connectivity index (χ4n) is 3.33. The molecular formula is C21H27N9O. The number of ether oxygens (including phenoxy) is 1. The van der Waals surface area contributed by atoms with Crippen LogP contribution in [-0.4, -0.2) is 54.8 Å². The van der Waals surface area contributed by atoms with E-state index < -0.39 is 0 Å². The number of nitrogens with one attached hydrogen (secondary N) is 2. The van der Waals surface area contributed by atoms with Gasteiger partial charge in [0.25, 0.3) is 0 Å². The van der Waals surface area contributed by atoms with Crippen molar-refractivity contribution in [3.63, 3.8) is 0 Å². The fraction of sp³-hybridized carbons (Fsp3) is 0.381. The number of anilines is 3. The molecule has 0 fully saturated rings. The van der Waals surface area contributed by atoms with Gasteiger partial charge in [0.15, 0.2) is 5.82 Å². The molecule has 10 heteroatoms. The van der Waals surface area contributed by atoms with Crippen LogP contribution in [0.2, 0.25) is 0 Å². The van der Waals surface area contributed by atoms with Gasteiger partial charge in [-0.15, -0.1) is 0 Å². The lowest BCUT2D eigenvalue weighted by atomic mass is 10.2. The van der Waals surface area contributed by atoms with Crippen molar-refractivity contribution >= 4 is 28.6 Å². The Balaban J connectivity index is 1.71. The molecule has 0 aromatic carbocycles. The Labute approximate surface area is 180 Å². The zero-order chi connectivity index (χ0) is 21.6. The Bertz CT molecular complexity index is 1140. The van der Waals surface area contributed by atoms with Crippen LogP contribution in [0.25, 0.3) is 11.0 Å². The lowest BCUT2D eigenvalue weighted by Crippen LogP contribution is -2.14. The number of methoxy groups -OCH3 is 1. The van der Waals surface area contributed by atoms with E-state index in [1.54, 1.807) is 19.5 Å². The number of aromatic nitrogens is 7. The minimum Gasteiger partial charge on any atom is -0.383 e. The van der Waals surface area contributed by atoms with E-state index in [2.05, 4.69) is 27.6 Å². The Hall–Kier alpha value is -3.53. The van der Waals surface area contributed by atoms with E-state index in [0.29, 0.717) is 38.0 Å². The van der Waals surface area contributed by atoms with Gasteiger partial charge in [-0.2, -0.15) is 15.2 Å². The van der Waals surface area contributed by atoms with Gasteiger partial charge in [-0.25, -0.2) is 9.97 Å². The molecule has 2 N–H and O–H groups in total. The van der Waals surface area contributed by atoms with Crippen molar-refractivity contribution in [3.8, 4) is 0 Å². The van der Waals surface area contributed by atoms with Crippen LogP contribution in [-0.2, 0) is 24.2 Å². The molecule has 0 atom stereocenters. The van der Waals surface area contributed by atoms with Gasteiger partial charge >= 0.3 is 0 Å². The molecular weight excluding hydrogens is 394 g/mol. The van der Waals surface area contributed by atoms with Gasteiger partial charge in [-0.3, -0.25) is 9.36 Å². The zero-order valence-corrected chi connectivity index (χ0v) is 18.0. The molecule has 0 unspecified atom stereocenters. The van der Waals surface area contributed by atoms with Crippen LogP contribution >= 0.6 is 0 Å². The van der Waals surface area contributed by atoms with E-state index in [9.17, 15) is 0 Å². The zero-order valence-electron chi connectivity index (χ0n) is 18.0. The highest BCUT2D eigenvalue weighted by Gasteiger charge is 2.18. The molecule has 0 saturated heterocycles. The van der Waals surface area contributed by atoms with Gasteiger partial charge in [-0.1, -0.05) is 6.92 Å². The summed E-state index contributed by atoms with van der Waals surface area (Å²) in [6.07, 6.45) is 6.24. The van der Waals surface area contributed by atoms with E-state index in [1.165, 1.54) is 0 Å². The normalized spacial score (nSPS) is 11.2. The van der Waals surface area contributed by atoms with Crippen LogP contribution in [0.3, 0.4) is 0 Å². The molecule has 162 valence electrons. The predicted molar refractivity (Wildman–Crippen MR) is 120 cm³/mol. The second-order valence-electron chi connectivity index (χ2n) is 7.15. The summed E-state index contributed by atoms with van der Waals surface area (Å²) in [5.74, 6) is 1.92. The first kappa shape index (κ1) is 20.7. The number of hydrogen-bond donors (Lipinski definition) is 2. The second kappa shape index (κ2) is 9.52. The number of nitrogens with zero attached hydrogens (tertiary/aromatic N) is 7. The maximum atomic E-state index is 5.27. The van der Waals surface area contributed by atoms with Gasteiger partial charge in [0, 0.05) is 32.2 Å². The molecule has 0 aliphatic rings. The third-order valence-electron chi connectivity index (χ3n) is 4.84. The second-order valence-corrected chi connectivity index (χ2v) is 7.15. The van der Waals surface area contributed by atoms with E-state index in [4.69, 9.17) is 19.8 Å². The van der Waals surface area contributed by atoms with E-state index >= 15 is 0 Å². The van der Waals surface area contributed by atoms with E-state index in [0.717, 1.165) is 34.5 Å². The highest BCUT2D eigenvalue weighted by atomic mass is 16.5. The molecule has 0 bridgehead atoms. The largest absolute Gasteiger partial charge is 0.383 e. The maximum Gasteiger partial charge on any atom is 0.225 e. The molecule has 31 heavy (non-hydrogen) atoms. The van der Waals surface area contributed by atoms with Crippen molar-refractivity contribution < 1.29 is 4.74 Å². The molecule has 0 aliphatic heterocycles. The maximum absolute atomic E-state index is 5.27. The molecule has 0 spiro atoms. The van der Waals surface area contributed by atoms with Crippen LogP contribution < -0.4 is 10.6 Å². The molecule has 0 amide bonds. The topological polar surface area (TPSA) is 108 Å². The van der Waals surface area contributed by atoms with Crippen molar-refractivity contribution in [1.29, 1.82) is 0 Å². The fourth-order valence-corrected chi connectivity index (χ4v) is 3.33. The molecule has 10 nitrogen and oxygen atoms in total. The summed E-state index contributed by atoms with van der Waals surface area (Å²) >= 11 is 0. The first-order chi connectivity index (χ1) is 15.2. The Morgan fingerprint density at radius 2 is 2.06 bits per heavy atom. The molecule has 4 heterocycles. The van der Waals surface area contributed by atoms with Gasteiger partial charge in [-0.05, 0) is 37.1 Å². The lowest BCUT2D eigenvalue weighted by Gasteiger charge is -2.12. The van der Waals surface area contributed by atoms with Gasteiger partial charge < -0.3 is 15.4 Å². The highest BCUT2D eigenvalue weighted by molar-refractivity contribution is 5.90.